The molecule has 1 aromatic heterocycles. The molecule has 0 aromatic carbocycles. The molecule has 0 unspecified atom stereocenters. The molecule has 2 N–H and O–H groups in total. The minimum absolute atomic E-state index is 0.239. The molecule has 0 saturated heterocycles. The Kier molecular flexibility index (Phi) is 3.35. The summed E-state index contributed by atoms with van der Waals surface area (Å²) in [4.78, 5) is 15.7. The molecular weight excluding hydrogens is 192 g/mol. The number of esters is 1. The van der Waals surface area contributed by atoms with Crippen molar-refractivity contribution in [1.29, 1.82) is 0 Å². The second-order valence-corrected chi connectivity index (χ2v) is 3.43. The van der Waals surface area contributed by atoms with Crippen molar-refractivity contribution in [2.45, 2.75) is 13.5 Å². The number of nitrogens with one attached hydrogen (secondary N) is 1. The molecule has 6 heteroatoms. The van der Waals surface area contributed by atoms with E-state index >= 15 is 0 Å². The van der Waals surface area contributed by atoms with Gasteiger partial charge in [0.1, 0.15) is 9.88 Å². The minimum atomic E-state index is -0.390. The topological polar surface area (TPSA) is 71.5 Å². The predicted octanol–water partition coefficient (Wildman–Crippen LogP) is 0.717. The van der Waals surface area contributed by atoms with Gasteiger partial charge in [-0.25, -0.2) is 9.78 Å². The van der Waals surface area contributed by atoms with Crippen LogP contribution in [0.1, 0.15) is 20.4 Å². The standard InChI is InChI=1S/C7H10N2O3S/c1-4-6(7(10)12-2)13-5(9-4)3-8-11/h8,11H,3H2,1-2H3. The van der Waals surface area contributed by atoms with Crippen LogP contribution < -0.4 is 5.48 Å². The highest BCUT2D eigenvalue weighted by Gasteiger charge is 2.14. The van der Waals surface area contributed by atoms with Crippen molar-refractivity contribution in [3.05, 3.63) is 15.6 Å². The average molecular weight is 202 g/mol. The summed E-state index contributed by atoms with van der Waals surface area (Å²) < 4.78 is 4.56. The number of methoxy groups -OCH3 is 1. The number of aromatic nitrogens is 1. The van der Waals surface area contributed by atoms with Crippen molar-refractivity contribution in [3.63, 3.8) is 0 Å². The van der Waals surface area contributed by atoms with Gasteiger partial charge in [0.2, 0.25) is 0 Å². The molecule has 1 aromatic rings. The summed E-state index contributed by atoms with van der Waals surface area (Å²) in [7, 11) is 1.32. The highest BCUT2D eigenvalue weighted by Crippen LogP contribution is 2.18. The Morgan fingerprint density at radius 3 is 3.00 bits per heavy atom. The summed E-state index contributed by atoms with van der Waals surface area (Å²) >= 11 is 1.21. The number of hydroxylamine groups is 1. The van der Waals surface area contributed by atoms with Crippen LogP contribution >= 0.6 is 11.3 Å². The maximum absolute atomic E-state index is 11.1. The molecule has 0 aliphatic heterocycles. The molecule has 0 bridgehead atoms. The third-order valence-electron chi connectivity index (χ3n) is 1.44. The van der Waals surface area contributed by atoms with Gasteiger partial charge in [0.25, 0.3) is 0 Å². The molecule has 5 nitrogen and oxygen atoms in total. The lowest BCUT2D eigenvalue weighted by atomic mass is 10.4. The molecular formula is C7H10N2O3S. The maximum Gasteiger partial charge on any atom is 0.349 e. The Bertz CT molecular complexity index is 311. The number of thiazole rings is 1. The molecule has 0 aliphatic rings. The summed E-state index contributed by atoms with van der Waals surface area (Å²) in [5.74, 6) is -0.390. The molecule has 0 amide bonds. The van der Waals surface area contributed by atoms with Crippen molar-refractivity contribution in [2.75, 3.05) is 7.11 Å². The fourth-order valence-electron chi connectivity index (χ4n) is 0.878. The van der Waals surface area contributed by atoms with E-state index in [9.17, 15) is 4.79 Å². The summed E-state index contributed by atoms with van der Waals surface area (Å²) in [6.07, 6.45) is 0. The van der Waals surface area contributed by atoms with Crippen LogP contribution in [-0.4, -0.2) is 23.3 Å². The van der Waals surface area contributed by atoms with Gasteiger partial charge in [0.05, 0.1) is 19.3 Å². The first-order valence-electron chi connectivity index (χ1n) is 3.60. The smallest absolute Gasteiger partial charge is 0.349 e. The summed E-state index contributed by atoms with van der Waals surface area (Å²) in [5.41, 5.74) is 2.60. The number of nitrogens with zero attached hydrogens (tertiary/aromatic N) is 1. The van der Waals surface area contributed by atoms with Crippen molar-refractivity contribution < 1.29 is 14.7 Å². The van der Waals surface area contributed by atoms with Gasteiger partial charge in [-0.15, -0.1) is 11.3 Å². The lowest BCUT2D eigenvalue weighted by Crippen LogP contribution is -2.05. The third-order valence-corrected chi connectivity index (χ3v) is 2.58. The number of carbonyl (C=O) groups is 1. The second kappa shape index (κ2) is 4.31. The average Bonchev–Trinajstić information content (AvgIpc) is 2.46. The van der Waals surface area contributed by atoms with E-state index in [1.54, 1.807) is 6.92 Å². The van der Waals surface area contributed by atoms with E-state index in [-0.39, 0.29) is 12.5 Å². The Morgan fingerprint density at radius 2 is 2.46 bits per heavy atom. The minimum Gasteiger partial charge on any atom is -0.465 e. The Labute approximate surface area is 79.3 Å². The van der Waals surface area contributed by atoms with Crippen LogP contribution in [-0.2, 0) is 11.3 Å². The Hall–Kier alpha value is -0.980. The Morgan fingerprint density at radius 1 is 1.77 bits per heavy atom. The largest absolute Gasteiger partial charge is 0.465 e. The van der Waals surface area contributed by atoms with Gasteiger partial charge in [-0.1, -0.05) is 0 Å². The molecule has 0 fully saturated rings. The van der Waals surface area contributed by atoms with Crippen molar-refractivity contribution in [3.8, 4) is 0 Å². The first-order valence-corrected chi connectivity index (χ1v) is 4.42. The number of ether oxygens (including phenoxy) is 1. The van der Waals surface area contributed by atoms with Crippen LogP contribution in [0.15, 0.2) is 0 Å². The highest BCUT2D eigenvalue weighted by atomic mass is 32.1. The van der Waals surface area contributed by atoms with Crippen LogP contribution in [0.25, 0.3) is 0 Å². The number of rotatable bonds is 3. The number of aryl methyl sites for hydroxylation is 1. The molecule has 1 rings (SSSR count). The van der Waals surface area contributed by atoms with Crippen molar-refractivity contribution in [2.24, 2.45) is 0 Å². The lowest BCUT2D eigenvalue weighted by Gasteiger charge is -1.93. The van der Waals surface area contributed by atoms with Gasteiger partial charge in [-0.2, -0.15) is 5.48 Å². The van der Waals surface area contributed by atoms with Gasteiger partial charge >= 0.3 is 5.97 Å². The maximum atomic E-state index is 11.1. The van der Waals surface area contributed by atoms with Crippen LogP contribution in [0.5, 0.6) is 0 Å². The zero-order valence-electron chi connectivity index (χ0n) is 7.33. The van der Waals surface area contributed by atoms with Crippen molar-refractivity contribution in [1.82, 2.24) is 10.5 Å². The first-order chi connectivity index (χ1) is 6.19. The molecule has 72 valence electrons. The zero-order chi connectivity index (χ0) is 9.84. The number of hydrogen-bond donors (Lipinski definition) is 2. The summed E-state index contributed by atoms with van der Waals surface area (Å²) in [5, 5.41) is 9.07. The summed E-state index contributed by atoms with van der Waals surface area (Å²) in [6, 6.07) is 0. The first kappa shape index (κ1) is 10.1. The van der Waals surface area contributed by atoms with Gasteiger partial charge in [0, 0.05) is 0 Å². The van der Waals surface area contributed by atoms with Gasteiger partial charge in [-0.05, 0) is 6.92 Å². The normalized spacial score (nSPS) is 10.1. The third kappa shape index (κ3) is 2.24. The highest BCUT2D eigenvalue weighted by molar-refractivity contribution is 7.13. The lowest BCUT2D eigenvalue weighted by molar-refractivity contribution is 0.0605. The van der Waals surface area contributed by atoms with Gasteiger partial charge in [0.15, 0.2) is 0 Å². The molecule has 1 heterocycles. The molecule has 13 heavy (non-hydrogen) atoms. The fraction of sp³-hybridized carbons (Fsp3) is 0.429. The molecule has 0 spiro atoms. The van der Waals surface area contributed by atoms with Crippen molar-refractivity contribution >= 4 is 17.3 Å². The summed E-state index contributed by atoms with van der Waals surface area (Å²) in [6.45, 7) is 1.96. The van der Waals surface area contributed by atoms with E-state index in [4.69, 9.17) is 5.21 Å². The van der Waals surface area contributed by atoms with E-state index in [2.05, 4.69) is 9.72 Å². The zero-order valence-corrected chi connectivity index (χ0v) is 8.14. The van der Waals surface area contributed by atoms with E-state index in [1.807, 2.05) is 5.48 Å². The second-order valence-electron chi connectivity index (χ2n) is 2.35. The van der Waals surface area contributed by atoms with Crippen LogP contribution in [0.3, 0.4) is 0 Å². The van der Waals surface area contributed by atoms with E-state index < -0.39 is 0 Å². The molecule has 0 radical (unpaired) electrons. The number of carbonyl (C=O) groups excluding carboxylic acids is 1. The molecule has 0 atom stereocenters. The van der Waals surface area contributed by atoms with Crippen LogP contribution in [0, 0.1) is 6.92 Å². The quantitative estimate of drug-likeness (QED) is 0.558. The van der Waals surface area contributed by atoms with Gasteiger partial charge < -0.3 is 9.94 Å². The predicted molar refractivity (Wildman–Crippen MR) is 46.8 cm³/mol. The number of hydrogen-bond acceptors (Lipinski definition) is 6. The SMILES string of the molecule is COC(=O)c1sc(CNO)nc1C. The van der Waals surface area contributed by atoms with Crippen LogP contribution in [0.4, 0.5) is 0 Å². The monoisotopic (exact) mass is 202 g/mol. The van der Waals surface area contributed by atoms with Crippen LogP contribution in [0.2, 0.25) is 0 Å². The Balaban J connectivity index is 2.89. The fourth-order valence-corrected chi connectivity index (χ4v) is 1.79. The molecule has 0 saturated carbocycles. The van der Waals surface area contributed by atoms with E-state index in [0.29, 0.717) is 15.6 Å². The van der Waals surface area contributed by atoms with Gasteiger partial charge in [-0.3, -0.25) is 0 Å². The van der Waals surface area contributed by atoms with E-state index in [1.165, 1.54) is 18.4 Å². The molecule has 0 aliphatic carbocycles. The van der Waals surface area contributed by atoms with E-state index in [0.717, 1.165) is 0 Å².